The number of hydrogen-bond donors (Lipinski definition) is 2. The molecule has 1 aliphatic heterocycles. The van der Waals surface area contributed by atoms with Crippen LogP contribution in [0.3, 0.4) is 0 Å². The first-order valence-corrected chi connectivity index (χ1v) is 9.94. The van der Waals surface area contributed by atoms with E-state index in [4.69, 9.17) is 0 Å². The molecule has 24 heavy (non-hydrogen) atoms. The summed E-state index contributed by atoms with van der Waals surface area (Å²) in [5, 5.41) is 19.8. The molecular formula is C15H22N6OS2. The Balaban J connectivity index is 1.37. The minimum atomic E-state index is -0.0135. The SMILES string of the molecule is Cc1nnc(SCCNC(=O)Cn2ccc(C3CCCNC3)n2)s1. The van der Waals surface area contributed by atoms with Gasteiger partial charge in [-0.25, -0.2) is 0 Å². The molecule has 0 aliphatic carbocycles. The molecule has 1 atom stereocenters. The Bertz CT molecular complexity index is 664. The lowest BCUT2D eigenvalue weighted by molar-refractivity contribution is -0.121. The number of hydrogen-bond acceptors (Lipinski definition) is 7. The maximum atomic E-state index is 12.0. The summed E-state index contributed by atoms with van der Waals surface area (Å²) in [5.41, 5.74) is 1.08. The van der Waals surface area contributed by atoms with Gasteiger partial charge in [-0.15, -0.1) is 10.2 Å². The number of carbonyl (C=O) groups excluding carboxylic acids is 1. The molecule has 0 radical (unpaired) electrons. The van der Waals surface area contributed by atoms with Crippen LogP contribution in [0, 0.1) is 6.92 Å². The highest BCUT2D eigenvalue weighted by atomic mass is 32.2. The third kappa shape index (κ3) is 5.02. The van der Waals surface area contributed by atoms with Crippen LogP contribution in [-0.2, 0) is 11.3 Å². The Morgan fingerprint density at radius 3 is 3.21 bits per heavy atom. The van der Waals surface area contributed by atoms with E-state index < -0.39 is 0 Å². The Hall–Kier alpha value is -1.45. The molecule has 1 saturated heterocycles. The maximum Gasteiger partial charge on any atom is 0.241 e. The van der Waals surface area contributed by atoms with Crippen molar-refractivity contribution in [2.45, 2.75) is 36.6 Å². The number of thioether (sulfide) groups is 1. The predicted molar refractivity (Wildman–Crippen MR) is 95.5 cm³/mol. The molecule has 1 fully saturated rings. The zero-order valence-corrected chi connectivity index (χ0v) is 15.3. The topological polar surface area (TPSA) is 84.7 Å². The predicted octanol–water partition coefficient (Wildman–Crippen LogP) is 1.42. The largest absolute Gasteiger partial charge is 0.354 e. The van der Waals surface area contributed by atoms with E-state index in [1.54, 1.807) is 27.8 Å². The lowest BCUT2D eigenvalue weighted by Gasteiger charge is -2.20. The number of amides is 1. The third-order valence-electron chi connectivity index (χ3n) is 3.84. The van der Waals surface area contributed by atoms with Crippen LogP contribution >= 0.6 is 23.1 Å². The molecular weight excluding hydrogens is 344 g/mol. The van der Waals surface area contributed by atoms with E-state index in [-0.39, 0.29) is 12.5 Å². The Kier molecular flexibility index (Phi) is 6.22. The molecule has 1 aliphatic rings. The van der Waals surface area contributed by atoms with Crippen molar-refractivity contribution in [1.29, 1.82) is 0 Å². The highest BCUT2D eigenvalue weighted by Gasteiger charge is 2.17. The Morgan fingerprint density at radius 1 is 1.54 bits per heavy atom. The number of nitrogens with one attached hydrogen (secondary N) is 2. The average Bonchev–Trinajstić information content (AvgIpc) is 3.22. The van der Waals surface area contributed by atoms with Crippen molar-refractivity contribution >= 4 is 29.0 Å². The van der Waals surface area contributed by atoms with Gasteiger partial charge >= 0.3 is 0 Å². The normalized spacial score (nSPS) is 17.8. The molecule has 2 aromatic heterocycles. The van der Waals surface area contributed by atoms with Crippen LogP contribution in [0.5, 0.6) is 0 Å². The summed E-state index contributed by atoms with van der Waals surface area (Å²) in [5.74, 6) is 1.24. The molecule has 1 unspecified atom stereocenters. The summed E-state index contributed by atoms with van der Waals surface area (Å²) < 4.78 is 2.67. The molecule has 1 amide bonds. The fourth-order valence-corrected chi connectivity index (χ4v) is 4.40. The van der Waals surface area contributed by atoms with E-state index >= 15 is 0 Å². The zero-order valence-electron chi connectivity index (χ0n) is 13.7. The van der Waals surface area contributed by atoms with Crippen molar-refractivity contribution in [2.75, 3.05) is 25.4 Å². The minimum absolute atomic E-state index is 0.0135. The van der Waals surface area contributed by atoms with Crippen molar-refractivity contribution in [3.63, 3.8) is 0 Å². The molecule has 9 heteroatoms. The van der Waals surface area contributed by atoms with Crippen molar-refractivity contribution < 1.29 is 4.79 Å². The van der Waals surface area contributed by atoms with Gasteiger partial charge in [0, 0.05) is 31.0 Å². The average molecular weight is 367 g/mol. The molecule has 0 saturated carbocycles. The van der Waals surface area contributed by atoms with Crippen molar-refractivity contribution in [3.8, 4) is 0 Å². The van der Waals surface area contributed by atoms with Crippen LogP contribution in [0.15, 0.2) is 16.6 Å². The van der Waals surface area contributed by atoms with Gasteiger partial charge in [-0.1, -0.05) is 23.1 Å². The Morgan fingerprint density at radius 2 is 2.46 bits per heavy atom. The molecule has 2 N–H and O–H groups in total. The van der Waals surface area contributed by atoms with Crippen LogP contribution in [0.25, 0.3) is 0 Å². The number of rotatable bonds is 7. The van der Waals surface area contributed by atoms with E-state index in [2.05, 4.69) is 25.9 Å². The van der Waals surface area contributed by atoms with Gasteiger partial charge in [0.15, 0.2) is 4.34 Å². The first kappa shape index (κ1) is 17.4. The van der Waals surface area contributed by atoms with Gasteiger partial charge in [-0.3, -0.25) is 9.48 Å². The van der Waals surface area contributed by atoms with Crippen LogP contribution in [-0.4, -0.2) is 51.3 Å². The summed E-state index contributed by atoms with van der Waals surface area (Å²) in [6, 6.07) is 2.03. The fraction of sp³-hybridized carbons (Fsp3) is 0.600. The first-order valence-electron chi connectivity index (χ1n) is 8.14. The quantitative estimate of drug-likeness (QED) is 0.569. The van der Waals surface area contributed by atoms with Gasteiger partial charge in [0.25, 0.3) is 0 Å². The Labute approximate surface area is 149 Å². The smallest absolute Gasteiger partial charge is 0.241 e. The minimum Gasteiger partial charge on any atom is -0.354 e. The summed E-state index contributed by atoms with van der Waals surface area (Å²) >= 11 is 3.19. The number of piperidine rings is 1. The number of aryl methyl sites for hydroxylation is 1. The molecule has 0 bridgehead atoms. The van der Waals surface area contributed by atoms with Crippen molar-refractivity contribution in [2.24, 2.45) is 0 Å². The van der Waals surface area contributed by atoms with Crippen LogP contribution in [0.1, 0.15) is 29.5 Å². The summed E-state index contributed by atoms with van der Waals surface area (Å²) in [4.78, 5) is 12.0. The van der Waals surface area contributed by atoms with Gasteiger partial charge in [0.05, 0.1) is 5.69 Å². The highest BCUT2D eigenvalue weighted by molar-refractivity contribution is 8.01. The fourth-order valence-electron chi connectivity index (χ4n) is 2.66. The molecule has 130 valence electrons. The van der Waals surface area contributed by atoms with E-state index in [0.29, 0.717) is 12.5 Å². The molecule has 2 aromatic rings. The molecule has 3 heterocycles. The van der Waals surface area contributed by atoms with E-state index in [1.165, 1.54) is 12.8 Å². The number of nitrogens with zero attached hydrogens (tertiary/aromatic N) is 4. The molecule has 3 rings (SSSR count). The molecule has 0 spiro atoms. The lowest BCUT2D eigenvalue weighted by atomic mass is 9.97. The van der Waals surface area contributed by atoms with Gasteiger partial charge in [-0.05, 0) is 32.4 Å². The number of aromatic nitrogens is 4. The van der Waals surface area contributed by atoms with Crippen LogP contribution in [0.2, 0.25) is 0 Å². The summed E-state index contributed by atoms with van der Waals surface area (Å²) in [7, 11) is 0. The van der Waals surface area contributed by atoms with E-state index in [1.807, 2.05) is 19.2 Å². The number of carbonyl (C=O) groups is 1. The van der Waals surface area contributed by atoms with Gasteiger partial charge in [0.1, 0.15) is 11.6 Å². The standard InChI is InChI=1S/C15H22N6OS2/c1-11-18-19-15(24-11)23-8-6-17-14(22)10-21-7-4-13(20-21)12-3-2-5-16-9-12/h4,7,12,16H,2-3,5-6,8-10H2,1H3,(H,17,22). The van der Waals surface area contributed by atoms with Crippen LogP contribution < -0.4 is 10.6 Å². The zero-order chi connectivity index (χ0) is 16.8. The monoisotopic (exact) mass is 366 g/mol. The third-order valence-corrected chi connectivity index (χ3v) is 5.81. The van der Waals surface area contributed by atoms with Crippen molar-refractivity contribution in [1.82, 2.24) is 30.6 Å². The maximum absolute atomic E-state index is 12.0. The second-order valence-corrected chi connectivity index (χ2v) is 8.29. The summed E-state index contributed by atoms with van der Waals surface area (Å²) in [6.45, 7) is 4.89. The van der Waals surface area contributed by atoms with E-state index in [9.17, 15) is 4.79 Å². The van der Waals surface area contributed by atoms with Gasteiger partial charge < -0.3 is 10.6 Å². The molecule has 0 aromatic carbocycles. The van der Waals surface area contributed by atoms with Gasteiger partial charge in [-0.2, -0.15) is 5.10 Å². The van der Waals surface area contributed by atoms with Gasteiger partial charge in [0.2, 0.25) is 5.91 Å². The lowest BCUT2D eigenvalue weighted by Crippen LogP contribution is -2.30. The second-order valence-electron chi connectivity index (χ2n) is 5.77. The van der Waals surface area contributed by atoms with Crippen molar-refractivity contribution in [3.05, 3.63) is 23.0 Å². The van der Waals surface area contributed by atoms with Crippen LogP contribution in [0.4, 0.5) is 0 Å². The first-order chi connectivity index (χ1) is 11.7. The molecule has 7 nitrogen and oxygen atoms in total. The second kappa shape index (κ2) is 8.59. The highest BCUT2D eigenvalue weighted by Crippen LogP contribution is 2.21. The summed E-state index contributed by atoms with van der Waals surface area (Å²) in [6.07, 6.45) is 4.24. The van der Waals surface area contributed by atoms with E-state index in [0.717, 1.165) is 33.9 Å².